The molecule has 0 heterocycles. The fraction of sp³-hybridized carbons (Fsp3) is 0.300. The summed E-state index contributed by atoms with van der Waals surface area (Å²) in [6.45, 7) is 5.37. The van der Waals surface area contributed by atoms with Crippen molar-refractivity contribution >= 4 is 12.1 Å². The van der Waals surface area contributed by atoms with Crippen molar-refractivity contribution in [3.05, 3.63) is 59.7 Å². The Morgan fingerprint density at radius 1 is 1.00 bits per heavy atom. The third-order valence-electron chi connectivity index (χ3n) is 3.45. The van der Waals surface area contributed by atoms with E-state index in [0.717, 1.165) is 36.5 Å². The van der Waals surface area contributed by atoms with Crippen LogP contribution in [0.4, 0.5) is 0 Å². The minimum atomic E-state index is -0.265. The number of nitrogens with zero attached hydrogens (tertiary/aromatic N) is 1. The van der Waals surface area contributed by atoms with Crippen molar-refractivity contribution in [1.82, 2.24) is 5.43 Å². The molecule has 1 N–H and O–H groups in total. The van der Waals surface area contributed by atoms with Crippen LogP contribution in [0.15, 0.2) is 53.6 Å². The highest BCUT2D eigenvalue weighted by atomic mass is 16.5. The Balaban J connectivity index is 1.84. The van der Waals surface area contributed by atoms with Gasteiger partial charge >= 0.3 is 0 Å². The molecule has 0 unspecified atom stereocenters. The van der Waals surface area contributed by atoms with E-state index in [-0.39, 0.29) is 5.91 Å². The smallest absolute Gasteiger partial charge is 0.271 e. The van der Waals surface area contributed by atoms with Gasteiger partial charge in [0.2, 0.25) is 0 Å². The van der Waals surface area contributed by atoms with Gasteiger partial charge in [-0.1, -0.05) is 13.3 Å². The van der Waals surface area contributed by atoms with Gasteiger partial charge in [-0.05, 0) is 67.4 Å². The van der Waals surface area contributed by atoms with Crippen molar-refractivity contribution in [3.8, 4) is 11.5 Å². The number of carbonyl (C=O) groups excluding carboxylic acids is 1. The Hall–Kier alpha value is -2.82. The van der Waals surface area contributed by atoms with Crippen LogP contribution in [-0.4, -0.2) is 25.3 Å². The third kappa shape index (κ3) is 6.30. The summed E-state index contributed by atoms with van der Waals surface area (Å²) in [7, 11) is 0. The van der Waals surface area contributed by atoms with E-state index in [9.17, 15) is 4.79 Å². The molecule has 0 aliphatic heterocycles. The van der Waals surface area contributed by atoms with Crippen LogP contribution in [-0.2, 0) is 0 Å². The molecule has 1 amide bonds. The number of benzene rings is 2. The maximum atomic E-state index is 12.0. The second kappa shape index (κ2) is 10.1. The van der Waals surface area contributed by atoms with Gasteiger partial charge in [-0.2, -0.15) is 5.10 Å². The predicted molar refractivity (Wildman–Crippen MR) is 99.5 cm³/mol. The van der Waals surface area contributed by atoms with E-state index in [1.54, 1.807) is 30.5 Å². The average molecular weight is 340 g/mol. The van der Waals surface area contributed by atoms with Crippen LogP contribution in [0, 0.1) is 0 Å². The molecule has 0 aromatic heterocycles. The van der Waals surface area contributed by atoms with E-state index >= 15 is 0 Å². The molecule has 0 aliphatic rings. The van der Waals surface area contributed by atoms with Gasteiger partial charge in [-0.25, -0.2) is 5.43 Å². The van der Waals surface area contributed by atoms with E-state index in [4.69, 9.17) is 9.47 Å². The average Bonchev–Trinajstić information content (AvgIpc) is 2.64. The SMILES string of the molecule is CCCCOc1ccc(/C=N/NC(=O)c2ccc(OCC)cc2)cc1. The molecule has 0 radical (unpaired) electrons. The van der Waals surface area contributed by atoms with E-state index in [1.165, 1.54) is 0 Å². The van der Waals surface area contributed by atoms with Gasteiger partial charge in [0.1, 0.15) is 11.5 Å². The number of hydrogen-bond acceptors (Lipinski definition) is 4. The van der Waals surface area contributed by atoms with Crippen molar-refractivity contribution in [2.24, 2.45) is 5.10 Å². The summed E-state index contributed by atoms with van der Waals surface area (Å²) in [4.78, 5) is 12.0. The molecule has 2 rings (SSSR count). The molecule has 0 fully saturated rings. The Kier molecular flexibility index (Phi) is 7.50. The molecule has 0 bridgehead atoms. The topological polar surface area (TPSA) is 59.9 Å². The lowest BCUT2D eigenvalue weighted by Gasteiger charge is -2.05. The predicted octanol–water partition coefficient (Wildman–Crippen LogP) is 4.03. The lowest BCUT2D eigenvalue weighted by atomic mass is 10.2. The molecule has 2 aromatic rings. The minimum absolute atomic E-state index is 0.265. The van der Waals surface area contributed by atoms with Crippen LogP contribution in [0.5, 0.6) is 11.5 Å². The number of carbonyl (C=O) groups is 1. The highest BCUT2D eigenvalue weighted by molar-refractivity contribution is 5.95. The molecule has 0 saturated carbocycles. The minimum Gasteiger partial charge on any atom is -0.494 e. The second-order valence-corrected chi connectivity index (χ2v) is 5.43. The zero-order valence-corrected chi connectivity index (χ0v) is 14.7. The standard InChI is InChI=1S/C20H24N2O3/c1-3-5-14-25-19-10-6-16(7-11-19)15-21-22-20(23)17-8-12-18(13-9-17)24-4-2/h6-13,15H,3-5,14H2,1-2H3,(H,22,23)/b21-15+. The van der Waals surface area contributed by atoms with E-state index in [2.05, 4.69) is 17.5 Å². The Labute approximate surface area is 148 Å². The summed E-state index contributed by atoms with van der Waals surface area (Å²) >= 11 is 0. The summed E-state index contributed by atoms with van der Waals surface area (Å²) in [6.07, 6.45) is 3.75. The highest BCUT2D eigenvalue weighted by Gasteiger charge is 2.04. The zero-order valence-electron chi connectivity index (χ0n) is 14.7. The quantitative estimate of drug-likeness (QED) is 0.426. The summed E-state index contributed by atoms with van der Waals surface area (Å²) < 4.78 is 11.0. The summed E-state index contributed by atoms with van der Waals surface area (Å²) in [5.74, 6) is 1.31. The number of hydrazone groups is 1. The summed E-state index contributed by atoms with van der Waals surface area (Å²) in [5, 5.41) is 3.99. The first-order chi connectivity index (χ1) is 12.2. The second-order valence-electron chi connectivity index (χ2n) is 5.43. The molecule has 0 atom stereocenters. The first-order valence-corrected chi connectivity index (χ1v) is 8.52. The van der Waals surface area contributed by atoms with Crippen molar-refractivity contribution in [2.75, 3.05) is 13.2 Å². The molecule has 2 aromatic carbocycles. The Morgan fingerprint density at radius 2 is 1.64 bits per heavy atom. The maximum Gasteiger partial charge on any atom is 0.271 e. The van der Waals surface area contributed by atoms with Crippen molar-refractivity contribution in [1.29, 1.82) is 0 Å². The summed E-state index contributed by atoms with van der Waals surface area (Å²) in [6, 6.07) is 14.5. The Bertz CT molecular complexity index is 679. The first kappa shape index (κ1) is 18.5. The largest absolute Gasteiger partial charge is 0.494 e. The van der Waals surface area contributed by atoms with Crippen LogP contribution in [0.1, 0.15) is 42.6 Å². The molecular weight excluding hydrogens is 316 g/mol. The molecular formula is C20H24N2O3. The number of unbranched alkanes of at least 4 members (excludes halogenated alkanes) is 1. The molecule has 0 spiro atoms. The highest BCUT2D eigenvalue weighted by Crippen LogP contribution is 2.13. The van der Waals surface area contributed by atoms with Crippen molar-refractivity contribution < 1.29 is 14.3 Å². The fourth-order valence-corrected chi connectivity index (χ4v) is 2.08. The van der Waals surface area contributed by atoms with Crippen LogP contribution in [0.3, 0.4) is 0 Å². The van der Waals surface area contributed by atoms with E-state index in [0.29, 0.717) is 12.2 Å². The molecule has 5 heteroatoms. The van der Waals surface area contributed by atoms with E-state index in [1.807, 2.05) is 31.2 Å². The molecule has 0 aliphatic carbocycles. The van der Waals surface area contributed by atoms with Crippen LogP contribution >= 0.6 is 0 Å². The molecule has 25 heavy (non-hydrogen) atoms. The van der Waals surface area contributed by atoms with Crippen LogP contribution < -0.4 is 14.9 Å². The van der Waals surface area contributed by atoms with Gasteiger partial charge < -0.3 is 9.47 Å². The van der Waals surface area contributed by atoms with Crippen molar-refractivity contribution in [2.45, 2.75) is 26.7 Å². The van der Waals surface area contributed by atoms with Crippen LogP contribution in [0.2, 0.25) is 0 Å². The van der Waals surface area contributed by atoms with Gasteiger partial charge in [-0.15, -0.1) is 0 Å². The van der Waals surface area contributed by atoms with Gasteiger partial charge in [0, 0.05) is 5.56 Å². The third-order valence-corrected chi connectivity index (χ3v) is 3.45. The van der Waals surface area contributed by atoms with E-state index < -0.39 is 0 Å². The van der Waals surface area contributed by atoms with Gasteiger partial charge in [0.25, 0.3) is 5.91 Å². The van der Waals surface area contributed by atoms with Gasteiger partial charge in [-0.3, -0.25) is 4.79 Å². The van der Waals surface area contributed by atoms with Crippen LogP contribution in [0.25, 0.3) is 0 Å². The normalized spacial score (nSPS) is 10.6. The molecule has 5 nitrogen and oxygen atoms in total. The van der Waals surface area contributed by atoms with Gasteiger partial charge in [0.05, 0.1) is 19.4 Å². The lowest BCUT2D eigenvalue weighted by molar-refractivity contribution is 0.0955. The molecule has 0 saturated heterocycles. The first-order valence-electron chi connectivity index (χ1n) is 8.52. The zero-order chi connectivity index (χ0) is 17.9. The number of rotatable bonds is 9. The van der Waals surface area contributed by atoms with Gasteiger partial charge in [0.15, 0.2) is 0 Å². The monoisotopic (exact) mass is 340 g/mol. The lowest BCUT2D eigenvalue weighted by Crippen LogP contribution is -2.17. The number of ether oxygens (including phenoxy) is 2. The number of nitrogens with one attached hydrogen (secondary N) is 1. The van der Waals surface area contributed by atoms with Crippen molar-refractivity contribution in [3.63, 3.8) is 0 Å². The number of amides is 1. The maximum absolute atomic E-state index is 12.0. The molecule has 132 valence electrons. The number of hydrogen-bond donors (Lipinski definition) is 1. The summed E-state index contributed by atoms with van der Waals surface area (Å²) in [5.41, 5.74) is 3.93. The fourth-order valence-electron chi connectivity index (χ4n) is 2.08. The Morgan fingerprint density at radius 3 is 2.28 bits per heavy atom.